The molecule has 2 heterocycles. The molecular formula is C67H45F3N4. The summed E-state index contributed by atoms with van der Waals surface area (Å²) in [5, 5.41) is 15.1. The summed E-state index contributed by atoms with van der Waals surface area (Å²) < 4.78 is 48.5. The van der Waals surface area contributed by atoms with E-state index in [1.54, 1.807) is 0 Å². The van der Waals surface area contributed by atoms with E-state index in [1.807, 2.05) is 60.7 Å². The Morgan fingerprint density at radius 3 is 1.05 bits per heavy atom. The fourth-order valence-corrected chi connectivity index (χ4v) is 11.1. The van der Waals surface area contributed by atoms with Gasteiger partial charge in [0.15, 0.2) is 5.69 Å². The molecule has 0 atom stereocenters. The van der Waals surface area contributed by atoms with Crippen LogP contribution in [0.2, 0.25) is 0 Å². The summed E-state index contributed by atoms with van der Waals surface area (Å²) in [4.78, 5) is 3.88. The highest BCUT2D eigenvalue weighted by Gasteiger charge is 2.32. The fourth-order valence-electron chi connectivity index (χ4n) is 11.1. The lowest BCUT2D eigenvalue weighted by atomic mass is 9.95. The van der Waals surface area contributed by atoms with Crippen LogP contribution in [-0.4, -0.2) is 9.13 Å². The first-order chi connectivity index (χ1) is 35.9. The summed E-state index contributed by atoms with van der Waals surface area (Å²) in [6.45, 7) is 16.9. The number of nitriles is 1. The van der Waals surface area contributed by atoms with Gasteiger partial charge in [-0.25, -0.2) is 4.85 Å². The van der Waals surface area contributed by atoms with E-state index in [-0.39, 0.29) is 5.69 Å². The summed E-state index contributed by atoms with van der Waals surface area (Å²) >= 11 is 0. The van der Waals surface area contributed by atoms with Gasteiger partial charge in [0, 0.05) is 32.7 Å². The average molecular weight is 963 g/mol. The van der Waals surface area contributed by atoms with Gasteiger partial charge in [0.1, 0.15) is 0 Å². The average Bonchev–Trinajstić information content (AvgIpc) is 3.92. The molecule has 354 valence electrons. The third-order valence-corrected chi connectivity index (χ3v) is 14.8. The van der Waals surface area contributed by atoms with Crippen LogP contribution >= 0.6 is 0 Å². The Balaban J connectivity index is 1.29. The Kier molecular flexibility index (Phi) is 10.9. The van der Waals surface area contributed by atoms with Gasteiger partial charge in [-0.15, -0.1) is 0 Å². The monoisotopic (exact) mass is 962 g/mol. The lowest BCUT2D eigenvalue weighted by molar-refractivity contribution is -0.137. The SMILES string of the molecule is [C-]#[N+]c1cc(C(F)(F)F)ccc1-c1c(-n2c3cc(-c4ccccc4C)ccc3c3ccc(-c4ccccc4C)cc32)cc(C#N)cc1-n1c2cc(-c3ccccc3C)ccc2c2ccc(-c3ccccc3C)cc21. The van der Waals surface area contributed by atoms with Crippen molar-refractivity contribution in [2.24, 2.45) is 0 Å². The molecule has 0 bridgehead atoms. The highest BCUT2D eigenvalue weighted by atomic mass is 19.4. The summed E-state index contributed by atoms with van der Waals surface area (Å²) in [6, 6.07) is 68.2. The third-order valence-electron chi connectivity index (χ3n) is 14.8. The third kappa shape index (κ3) is 7.52. The second-order valence-corrected chi connectivity index (χ2v) is 19.2. The van der Waals surface area contributed by atoms with E-state index in [4.69, 9.17) is 6.57 Å². The number of hydrogen-bond donors (Lipinski definition) is 0. The predicted molar refractivity (Wildman–Crippen MR) is 297 cm³/mol. The second kappa shape index (κ2) is 17.7. The minimum Gasteiger partial charge on any atom is -0.309 e. The van der Waals surface area contributed by atoms with Crippen molar-refractivity contribution in [3.8, 4) is 73.1 Å². The van der Waals surface area contributed by atoms with Gasteiger partial charge in [-0.2, -0.15) is 18.4 Å². The Morgan fingerprint density at radius 1 is 0.419 bits per heavy atom. The van der Waals surface area contributed by atoms with Crippen LogP contribution in [0.15, 0.2) is 200 Å². The zero-order chi connectivity index (χ0) is 51.0. The van der Waals surface area contributed by atoms with Crippen LogP contribution in [0.25, 0.3) is 115 Å². The van der Waals surface area contributed by atoms with E-state index < -0.39 is 11.7 Å². The van der Waals surface area contributed by atoms with Crippen LogP contribution in [0.5, 0.6) is 0 Å². The van der Waals surface area contributed by atoms with Gasteiger partial charge in [0.05, 0.1) is 51.6 Å². The highest BCUT2D eigenvalue weighted by molar-refractivity contribution is 6.14. The standard InChI is InChI=1S/C67H45F3N4/c1-40-14-6-10-18-50(40)45-22-27-54-55-28-23-46(51-19-11-7-15-41(51)2)35-61(55)73(60(54)34-45)64-32-44(39-71)33-65(66(64)58-31-26-49(67(68,69)70)38-59(58)72-5)74-62-36-47(52-20-12-8-16-42(52)3)24-29-56(62)57-30-25-48(37-63(57)74)53-21-13-9-17-43(53)4/h6-38H,1-4H3. The number of nitrogens with zero attached hydrogens (tertiary/aromatic N) is 4. The molecule has 0 spiro atoms. The van der Waals surface area contributed by atoms with Crippen molar-refractivity contribution >= 4 is 49.3 Å². The highest BCUT2D eigenvalue weighted by Crippen LogP contribution is 2.48. The van der Waals surface area contributed by atoms with E-state index in [0.717, 1.165) is 123 Å². The minimum atomic E-state index is -4.70. The number of alkyl halides is 3. The topological polar surface area (TPSA) is 38.0 Å². The second-order valence-electron chi connectivity index (χ2n) is 19.2. The van der Waals surface area contributed by atoms with Crippen molar-refractivity contribution in [3.05, 3.63) is 245 Å². The number of rotatable bonds is 7. The maximum absolute atomic E-state index is 14.7. The van der Waals surface area contributed by atoms with Gasteiger partial charge >= 0.3 is 6.18 Å². The van der Waals surface area contributed by atoms with Gasteiger partial charge in [-0.3, -0.25) is 0 Å². The van der Waals surface area contributed by atoms with E-state index in [1.165, 1.54) is 6.07 Å². The molecule has 7 heteroatoms. The van der Waals surface area contributed by atoms with Crippen LogP contribution < -0.4 is 0 Å². The molecule has 0 N–H and O–H groups in total. The van der Waals surface area contributed by atoms with Gasteiger partial charge in [-0.05, 0) is 142 Å². The van der Waals surface area contributed by atoms with E-state index >= 15 is 0 Å². The molecule has 0 saturated carbocycles. The zero-order valence-corrected chi connectivity index (χ0v) is 41.0. The molecule has 0 amide bonds. The number of halogens is 3. The summed E-state index contributed by atoms with van der Waals surface area (Å²) in [5.41, 5.74) is 16.9. The molecule has 0 radical (unpaired) electrons. The normalized spacial score (nSPS) is 11.7. The molecule has 0 unspecified atom stereocenters. The minimum absolute atomic E-state index is 0.170. The fraction of sp³-hybridized carbons (Fsp3) is 0.0746. The van der Waals surface area contributed by atoms with Crippen molar-refractivity contribution in [1.82, 2.24) is 9.13 Å². The summed E-state index contributed by atoms with van der Waals surface area (Å²) in [5.74, 6) is 0. The van der Waals surface area contributed by atoms with Crippen molar-refractivity contribution in [1.29, 1.82) is 5.26 Å². The van der Waals surface area contributed by atoms with E-state index in [2.05, 4.69) is 169 Å². The van der Waals surface area contributed by atoms with Gasteiger partial charge in [-0.1, -0.05) is 158 Å². The molecule has 0 aliphatic rings. The Labute approximate surface area is 426 Å². The lowest BCUT2D eigenvalue weighted by Crippen LogP contribution is -2.07. The first-order valence-electron chi connectivity index (χ1n) is 24.5. The Hall–Kier alpha value is -9.43. The van der Waals surface area contributed by atoms with Gasteiger partial charge in [0.2, 0.25) is 0 Å². The molecule has 0 aliphatic heterocycles. The molecule has 12 rings (SSSR count). The Morgan fingerprint density at radius 2 is 0.757 bits per heavy atom. The smallest absolute Gasteiger partial charge is 0.309 e. The zero-order valence-electron chi connectivity index (χ0n) is 41.0. The molecule has 0 fully saturated rings. The maximum atomic E-state index is 14.7. The molecule has 12 aromatic rings. The van der Waals surface area contributed by atoms with Crippen LogP contribution in [0, 0.1) is 45.6 Å². The van der Waals surface area contributed by atoms with Crippen LogP contribution in [0.4, 0.5) is 18.9 Å². The number of fused-ring (bicyclic) bond motifs is 6. The van der Waals surface area contributed by atoms with Crippen molar-refractivity contribution in [3.63, 3.8) is 0 Å². The number of aromatic nitrogens is 2. The van der Waals surface area contributed by atoms with E-state index in [0.29, 0.717) is 28.1 Å². The van der Waals surface area contributed by atoms with Gasteiger partial charge in [0.25, 0.3) is 0 Å². The summed E-state index contributed by atoms with van der Waals surface area (Å²) in [7, 11) is 0. The van der Waals surface area contributed by atoms with Crippen LogP contribution in [0.1, 0.15) is 33.4 Å². The molecule has 74 heavy (non-hydrogen) atoms. The quantitative estimate of drug-likeness (QED) is 0.147. The van der Waals surface area contributed by atoms with E-state index in [9.17, 15) is 18.4 Å². The molecule has 0 aliphatic carbocycles. The number of hydrogen-bond acceptors (Lipinski definition) is 1. The predicted octanol–water partition coefficient (Wildman–Crippen LogP) is 18.9. The van der Waals surface area contributed by atoms with Gasteiger partial charge < -0.3 is 9.13 Å². The number of aryl methyl sites for hydroxylation is 4. The molecule has 10 aromatic carbocycles. The number of benzene rings is 10. The van der Waals surface area contributed by atoms with Crippen LogP contribution in [0.3, 0.4) is 0 Å². The molecule has 4 nitrogen and oxygen atoms in total. The van der Waals surface area contributed by atoms with Crippen LogP contribution in [-0.2, 0) is 6.18 Å². The molecule has 2 aromatic heterocycles. The largest absolute Gasteiger partial charge is 0.415 e. The summed E-state index contributed by atoms with van der Waals surface area (Å²) in [6.07, 6.45) is -4.70. The molecule has 0 saturated heterocycles. The molecular weight excluding hydrogens is 918 g/mol. The maximum Gasteiger partial charge on any atom is 0.415 e. The van der Waals surface area contributed by atoms with Crippen molar-refractivity contribution in [2.75, 3.05) is 0 Å². The van der Waals surface area contributed by atoms with Crippen molar-refractivity contribution < 1.29 is 13.2 Å². The first kappa shape index (κ1) is 45.7. The Bertz CT molecular complexity index is 3940. The first-order valence-corrected chi connectivity index (χ1v) is 24.5. The lowest BCUT2D eigenvalue weighted by Gasteiger charge is -2.22. The van der Waals surface area contributed by atoms with Crippen molar-refractivity contribution in [2.45, 2.75) is 33.9 Å².